The third kappa shape index (κ3) is 4.04. The molecule has 1 aliphatic carbocycles. The number of carbonyl (C=O) groups is 2. The Balaban J connectivity index is 1.25. The van der Waals surface area contributed by atoms with Crippen molar-refractivity contribution in [1.29, 1.82) is 0 Å². The number of aliphatic carboxylic acids is 1. The van der Waals surface area contributed by atoms with Crippen LogP contribution in [0.15, 0.2) is 55.8 Å². The summed E-state index contributed by atoms with van der Waals surface area (Å²) in [5.74, 6) is 4.66. The van der Waals surface area contributed by atoms with Gasteiger partial charge in [0, 0.05) is 12.1 Å². The standard InChI is InChI=1S/C26H18N4O7/c1-14-5-2-3-6-15(14)13-34-25(33)29-19-16-7-4-12-27-21(16)35-17(19)8-9-18-28-20-22(36-18)37-23(30-20)26(10-11-26)24(31)32/h2-7,12H,10-11,13H2,1H3,(H,29,33)(H,31,32). The third-order valence-electron chi connectivity index (χ3n) is 6.14. The number of nitrogens with zero attached hydrogens (tertiary/aromatic N) is 3. The summed E-state index contributed by atoms with van der Waals surface area (Å²) in [6, 6.07) is 11.0. The van der Waals surface area contributed by atoms with E-state index in [1.165, 1.54) is 0 Å². The molecule has 184 valence electrons. The molecular formula is C26H18N4O7. The van der Waals surface area contributed by atoms with Crippen molar-refractivity contribution in [2.75, 3.05) is 5.32 Å². The van der Waals surface area contributed by atoms with Gasteiger partial charge in [0.15, 0.2) is 0 Å². The SMILES string of the molecule is Cc1ccccc1COC(=O)Nc1c(C#Cc2nc3nc(C4(C(=O)O)CC4)oc3o2)oc2ncccc12. The number of ether oxygens (including phenoxy) is 1. The molecule has 0 aliphatic heterocycles. The molecule has 0 atom stereocenters. The fourth-order valence-corrected chi connectivity index (χ4v) is 3.85. The van der Waals surface area contributed by atoms with E-state index in [0.29, 0.717) is 18.2 Å². The van der Waals surface area contributed by atoms with Crippen LogP contribution in [0.25, 0.3) is 22.5 Å². The first-order valence-corrected chi connectivity index (χ1v) is 11.3. The Morgan fingerprint density at radius 1 is 1.11 bits per heavy atom. The van der Waals surface area contributed by atoms with Gasteiger partial charge in [-0.1, -0.05) is 24.3 Å². The molecule has 1 amide bonds. The summed E-state index contributed by atoms with van der Waals surface area (Å²) in [6.45, 7) is 2.03. The van der Waals surface area contributed by atoms with E-state index in [1.54, 1.807) is 18.3 Å². The molecule has 1 aromatic carbocycles. The number of carboxylic acids is 1. The number of hydrogen-bond donors (Lipinski definition) is 2. The van der Waals surface area contributed by atoms with E-state index in [4.69, 9.17) is 18.0 Å². The zero-order valence-electron chi connectivity index (χ0n) is 19.4. The second kappa shape index (κ2) is 8.53. The van der Waals surface area contributed by atoms with Crippen LogP contribution in [0, 0.1) is 18.8 Å². The largest absolute Gasteiger partial charge is 0.480 e. The van der Waals surface area contributed by atoms with Crippen molar-refractivity contribution in [1.82, 2.24) is 15.0 Å². The number of fused-ring (bicyclic) bond motifs is 2. The Hall–Kier alpha value is -5.11. The molecule has 5 aromatic rings. The normalized spacial score (nSPS) is 13.8. The Morgan fingerprint density at radius 3 is 2.70 bits per heavy atom. The molecule has 1 fully saturated rings. The van der Waals surface area contributed by atoms with Crippen molar-refractivity contribution in [3.05, 3.63) is 71.3 Å². The summed E-state index contributed by atoms with van der Waals surface area (Å²) >= 11 is 0. The summed E-state index contributed by atoms with van der Waals surface area (Å²) in [5.41, 5.74) is 1.47. The Kier molecular flexibility index (Phi) is 5.15. The van der Waals surface area contributed by atoms with Crippen LogP contribution in [0.2, 0.25) is 0 Å². The van der Waals surface area contributed by atoms with E-state index in [0.717, 1.165) is 11.1 Å². The van der Waals surface area contributed by atoms with Gasteiger partial charge in [0.2, 0.25) is 23.0 Å². The van der Waals surface area contributed by atoms with Crippen LogP contribution >= 0.6 is 0 Å². The molecule has 0 bridgehead atoms. The van der Waals surface area contributed by atoms with Crippen molar-refractivity contribution < 1.29 is 32.7 Å². The number of amides is 1. The van der Waals surface area contributed by atoms with Gasteiger partial charge in [-0.05, 0) is 48.9 Å². The maximum absolute atomic E-state index is 12.6. The molecule has 2 N–H and O–H groups in total. The van der Waals surface area contributed by atoms with E-state index in [2.05, 4.69) is 32.1 Å². The molecule has 11 nitrogen and oxygen atoms in total. The van der Waals surface area contributed by atoms with E-state index in [-0.39, 0.29) is 47.0 Å². The number of carboxylic acid groups (broad SMARTS) is 1. The van der Waals surface area contributed by atoms with Crippen molar-refractivity contribution in [3.8, 4) is 11.8 Å². The van der Waals surface area contributed by atoms with E-state index < -0.39 is 17.5 Å². The van der Waals surface area contributed by atoms with Crippen LogP contribution in [0.4, 0.5) is 10.5 Å². The van der Waals surface area contributed by atoms with E-state index >= 15 is 0 Å². The Labute approximate surface area is 208 Å². The number of oxazole rings is 2. The molecule has 0 spiro atoms. The summed E-state index contributed by atoms with van der Waals surface area (Å²) in [5, 5.41) is 12.6. The second-order valence-electron chi connectivity index (χ2n) is 8.58. The van der Waals surface area contributed by atoms with Gasteiger partial charge in [0.1, 0.15) is 17.7 Å². The lowest BCUT2D eigenvalue weighted by Crippen LogP contribution is -2.19. The topological polar surface area (TPSA) is 154 Å². The number of pyridine rings is 1. The number of carbonyl (C=O) groups excluding carboxylic acids is 1. The van der Waals surface area contributed by atoms with Crippen LogP contribution in [0.3, 0.4) is 0 Å². The van der Waals surface area contributed by atoms with Gasteiger partial charge in [-0.15, -0.1) is 0 Å². The highest BCUT2D eigenvalue weighted by Crippen LogP contribution is 2.48. The van der Waals surface area contributed by atoms with Crippen LogP contribution in [0.1, 0.15) is 41.5 Å². The van der Waals surface area contributed by atoms with E-state index in [9.17, 15) is 14.7 Å². The maximum Gasteiger partial charge on any atom is 0.412 e. The molecule has 0 radical (unpaired) electrons. The number of aryl methyl sites for hydroxylation is 1. The van der Waals surface area contributed by atoms with Gasteiger partial charge in [-0.2, -0.15) is 9.97 Å². The Morgan fingerprint density at radius 2 is 1.95 bits per heavy atom. The molecule has 4 heterocycles. The molecule has 11 heteroatoms. The molecule has 1 saturated carbocycles. The average molecular weight is 498 g/mol. The van der Waals surface area contributed by atoms with Crippen molar-refractivity contribution in [2.24, 2.45) is 0 Å². The van der Waals surface area contributed by atoms with Gasteiger partial charge in [0.25, 0.3) is 5.89 Å². The number of aromatic nitrogens is 3. The van der Waals surface area contributed by atoms with Crippen molar-refractivity contribution >= 4 is 40.3 Å². The zero-order valence-corrected chi connectivity index (χ0v) is 19.4. The predicted molar refractivity (Wildman–Crippen MR) is 128 cm³/mol. The molecule has 6 rings (SSSR count). The lowest BCUT2D eigenvalue weighted by molar-refractivity contribution is -0.140. The number of anilines is 1. The minimum absolute atomic E-state index is 0.0174. The van der Waals surface area contributed by atoms with Gasteiger partial charge in [-0.3, -0.25) is 10.1 Å². The predicted octanol–water partition coefficient (Wildman–Crippen LogP) is 4.53. The molecule has 0 saturated heterocycles. The fraction of sp³-hybridized carbons (Fsp3) is 0.192. The first-order chi connectivity index (χ1) is 17.9. The first-order valence-electron chi connectivity index (χ1n) is 11.3. The van der Waals surface area contributed by atoms with Gasteiger partial charge >= 0.3 is 17.8 Å². The Bertz CT molecular complexity index is 1720. The summed E-state index contributed by atoms with van der Waals surface area (Å²) in [4.78, 5) is 36.6. The smallest absolute Gasteiger partial charge is 0.412 e. The van der Waals surface area contributed by atoms with Gasteiger partial charge in [-0.25, -0.2) is 9.78 Å². The quantitative estimate of drug-likeness (QED) is 0.330. The van der Waals surface area contributed by atoms with Crippen LogP contribution in [-0.4, -0.2) is 32.1 Å². The minimum atomic E-state index is -1.11. The lowest BCUT2D eigenvalue weighted by atomic mass is 10.1. The molecule has 37 heavy (non-hydrogen) atoms. The molecule has 1 aliphatic rings. The zero-order chi connectivity index (χ0) is 25.6. The lowest BCUT2D eigenvalue weighted by Gasteiger charge is -2.08. The average Bonchev–Trinajstić information content (AvgIpc) is 3.32. The van der Waals surface area contributed by atoms with Crippen molar-refractivity contribution in [2.45, 2.75) is 31.8 Å². The van der Waals surface area contributed by atoms with Gasteiger partial charge in [0.05, 0.1) is 5.39 Å². The highest BCUT2D eigenvalue weighted by atomic mass is 16.5. The second-order valence-corrected chi connectivity index (χ2v) is 8.58. The highest BCUT2D eigenvalue weighted by Gasteiger charge is 2.56. The minimum Gasteiger partial charge on any atom is -0.480 e. The van der Waals surface area contributed by atoms with Crippen molar-refractivity contribution in [3.63, 3.8) is 0 Å². The highest BCUT2D eigenvalue weighted by molar-refractivity contribution is 5.99. The molecule has 0 unspecified atom stereocenters. The monoisotopic (exact) mass is 498 g/mol. The molecular weight excluding hydrogens is 480 g/mol. The number of hydrogen-bond acceptors (Lipinski definition) is 9. The summed E-state index contributed by atoms with van der Waals surface area (Å²) < 4.78 is 22.1. The first kappa shape index (κ1) is 22.4. The number of furan rings is 1. The maximum atomic E-state index is 12.6. The number of nitrogens with one attached hydrogen (secondary N) is 1. The fourth-order valence-electron chi connectivity index (χ4n) is 3.85. The summed E-state index contributed by atoms with van der Waals surface area (Å²) in [7, 11) is 0. The van der Waals surface area contributed by atoms with Crippen LogP contribution in [-0.2, 0) is 21.6 Å². The number of benzene rings is 1. The van der Waals surface area contributed by atoms with Crippen LogP contribution in [0.5, 0.6) is 0 Å². The third-order valence-corrected chi connectivity index (χ3v) is 6.14. The number of rotatable bonds is 5. The van der Waals surface area contributed by atoms with Crippen LogP contribution < -0.4 is 5.32 Å². The van der Waals surface area contributed by atoms with Gasteiger partial charge < -0.3 is 23.1 Å². The molecule has 4 aromatic heterocycles. The van der Waals surface area contributed by atoms with E-state index in [1.807, 2.05) is 31.2 Å². The summed E-state index contributed by atoms with van der Waals surface area (Å²) in [6.07, 6.45) is 1.76.